The topological polar surface area (TPSA) is 35.5 Å². The summed E-state index contributed by atoms with van der Waals surface area (Å²) in [6.45, 7) is 11.8. The maximum absolute atomic E-state index is 11.3. The maximum atomic E-state index is 11.3. The number of esters is 1. The number of rotatable bonds is 4. The predicted molar refractivity (Wildman–Crippen MR) is 58.5 cm³/mol. The number of carbonyl (C=O) groups is 1. The average molecular weight is 212 g/mol. The van der Waals surface area contributed by atoms with Gasteiger partial charge in [0.15, 0.2) is 0 Å². The van der Waals surface area contributed by atoms with Crippen LogP contribution in [0.1, 0.15) is 34.1 Å². The van der Waals surface area contributed by atoms with E-state index in [1.165, 1.54) is 0 Å². The molecule has 86 valence electrons. The van der Waals surface area contributed by atoms with Gasteiger partial charge in [0.05, 0.1) is 17.6 Å². The van der Waals surface area contributed by atoms with E-state index in [-0.39, 0.29) is 23.6 Å². The van der Waals surface area contributed by atoms with Gasteiger partial charge in [0, 0.05) is 5.57 Å². The monoisotopic (exact) mass is 212 g/mol. The van der Waals surface area contributed by atoms with E-state index in [0.29, 0.717) is 12.2 Å². The van der Waals surface area contributed by atoms with E-state index in [2.05, 4.69) is 13.5 Å². The Bertz CT molecular complexity index is 262. The van der Waals surface area contributed by atoms with Gasteiger partial charge in [0.2, 0.25) is 0 Å². The zero-order valence-corrected chi connectivity index (χ0v) is 10.0. The smallest absolute Gasteiger partial charge is 0.333 e. The van der Waals surface area contributed by atoms with Crippen molar-refractivity contribution < 1.29 is 14.3 Å². The number of hydrogen-bond acceptors (Lipinski definition) is 3. The van der Waals surface area contributed by atoms with Crippen LogP contribution < -0.4 is 0 Å². The second-order valence-electron chi connectivity index (χ2n) is 4.36. The van der Waals surface area contributed by atoms with Crippen molar-refractivity contribution >= 4 is 5.97 Å². The van der Waals surface area contributed by atoms with Gasteiger partial charge < -0.3 is 9.47 Å². The minimum absolute atomic E-state index is 0.00882. The third kappa shape index (κ3) is 2.07. The molecule has 3 nitrogen and oxygen atoms in total. The first-order valence-corrected chi connectivity index (χ1v) is 5.42. The Labute approximate surface area is 91.4 Å². The van der Waals surface area contributed by atoms with E-state index in [0.717, 1.165) is 6.42 Å². The van der Waals surface area contributed by atoms with Crippen LogP contribution >= 0.6 is 0 Å². The van der Waals surface area contributed by atoms with Crippen molar-refractivity contribution in [3.63, 3.8) is 0 Å². The molecule has 0 radical (unpaired) electrons. The van der Waals surface area contributed by atoms with Crippen molar-refractivity contribution in [2.24, 2.45) is 5.41 Å². The minimum atomic E-state index is -0.311. The Hall–Kier alpha value is -0.830. The van der Waals surface area contributed by atoms with Crippen molar-refractivity contribution in [1.29, 1.82) is 0 Å². The van der Waals surface area contributed by atoms with E-state index in [1.807, 2.05) is 13.8 Å². The molecule has 0 spiro atoms. The van der Waals surface area contributed by atoms with Crippen LogP contribution in [0.3, 0.4) is 0 Å². The third-order valence-corrected chi connectivity index (χ3v) is 3.51. The third-order valence-electron chi connectivity index (χ3n) is 3.51. The largest absolute Gasteiger partial charge is 0.462 e. The van der Waals surface area contributed by atoms with Crippen LogP contribution in [0.25, 0.3) is 0 Å². The van der Waals surface area contributed by atoms with Gasteiger partial charge in [-0.15, -0.1) is 0 Å². The average Bonchev–Trinajstić information content (AvgIpc) is 2.18. The molecule has 1 aliphatic heterocycles. The van der Waals surface area contributed by atoms with E-state index in [1.54, 1.807) is 6.92 Å². The lowest BCUT2D eigenvalue weighted by Gasteiger charge is -2.52. The lowest BCUT2D eigenvalue weighted by atomic mass is 9.71. The summed E-state index contributed by atoms with van der Waals surface area (Å²) in [5.41, 5.74) is 0.437. The first-order chi connectivity index (χ1) is 6.94. The summed E-state index contributed by atoms with van der Waals surface area (Å²) in [4.78, 5) is 11.3. The van der Waals surface area contributed by atoms with Gasteiger partial charge in [-0.1, -0.05) is 13.5 Å². The molecule has 0 aliphatic carbocycles. The van der Waals surface area contributed by atoms with Crippen molar-refractivity contribution in [3.05, 3.63) is 12.2 Å². The van der Waals surface area contributed by atoms with Crippen molar-refractivity contribution in [2.75, 3.05) is 6.61 Å². The highest BCUT2D eigenvalue weighted by Gasteiger charge is 2.51. The zero-order valence-electron chi connectivity index (χ0n) is 10.0. The lowest BCUT2D eigenvalue weighted by Crippen LogP contribution is -2.59. The second kappa shape index (κ2) is 4.35. The molecule has 2 atom stereocenters. The highest BCUT2D eigenvalue weighted by Crippen LogP contribution is 2.44. The van der Waals surface area contributed by atoms with Gasteiger partial charge >= 0.3 is 5.97 Å². The van der Waals surface area contributed by atoms with Crippen LogP contribution in [-0.4, -0.2) is 24.8 Å². The van der Waals surface area contributed by atoms with Crippen LogP contribution in [0.15, 0.2) is 12.2 Å². The molecule has 3 heteroatoms. The van der Waals surface area contributed by atoms with Gasteiger partial charge in [-0.25, -0.2) is 4.79 Å². The Morgan fingerprint density at radius 2 is 2.00 bits per heavy atom. The molecule has 1 aliphatic rings. The first kappa shape index (κ1) is 12.2. The molecule has 1 heterocycles. The van der Waals surface area contributed by atoms with E-state index < -0.39 is 0 Å². The molecule has 0 aromatic rings. The Morgan fingerprint density at radius 3 is 2.33 bits per heavy atom. The Balaban J connectivity index is 2.55. The highest BCUT2D eigenvalue weighted by molar-refractivity contribution is 5.86. The summed E-state index contributed by atoms with van der Waals surface area (Å²) < 4.78 is 10.7. The molecule has 1 saturated heterocycles. The summed E-state index contributed by atoms with van der Waals surface area (Å²) in [6.07, 6.45) is 1.28. The first-order valence-electron chi connectivity index (χ1n) is 5.42. The van der Waals surface area contributed by atoms with Crippen LogP contribution in [0.4, 0.5) is 0 Å². The summed E-state index contributed by atoms with van der Waals surface area (Å²) >= 11 is 0. The molecular weight excluding hydrogens is 192 g/mol. The molecule has 1 fully saturated rings. The van der Waals surface area contributed by atoms with Crippen molar-refractivity contribution in [1.82, 2.24) is 0 Å². The molecule has 0 saturated carbocycles. The van der Waals surface area contributed by atoms with E-state index in [4.69, 9.17) is 9.47 Å². The van der Waals surface area contributed by atoms with E-state index >= 15 is 0 Å². The summed E-state index contributed by atoms with van der Waals surface area (Å²) in [6, 6.07) is 0. The molecule has 1 rings (SSSR count). The Kier molecular flexibility index (Phi) is 3.55. The molecule has 0 N–H and O–H groups in total. The maximum Gasteiger partial charge on any atom is 0.333 e. The van der Waals surface area contributed by atoms with Gasteiger partial charge in [0.25, 0.3) is 0 Å². The van der Waals surface area contributed by atoms with Gasteiger partial charge in [-0.2, -0.15) is 0 Å². The summed E-state index contributed by atoms with van der Waals surface area (Å²) in [5.74, 6) is -0.311. The van der Waals surface area contributed by atoms with Crippen LogP contribution in [0.2, 0.25) is 0 Å². The number of hydrogen-bond donors (Lipinski definition) is 0. The fraction of sp³-hybridized carbons (Fsp3) is 0.750. The van der Waals surface area contributed by atoms with Gasteiger partial charge in [-0.3, -0.25) is 0 Å². The SMILES string of the molecule is C=C(C)C(=O)OCC1(CC)C(C)OC1C. The normalized spacial score (nSPS) is 34.4. The van der Waals surface area contributed by atoms with Crippen LogP contribution in [0, 0.1) is 5.41 Å². The number of carbonyl (C=O) groups excluding carboxylic acids is 1. The zero-order chi connectivity index (χ0) is 11.6. The summed E-state index contributed by atoms with van der Waals surface area (Å²) in [7, 11) is 0. The number of ether oxygens (including phenoxy) is 2. The predicted octanol–water partition coefficient (Wildman–Crippen LogP) is 2.31. The molecule has 0 aromatic heterocycles. The van der Waals surface area contributed by atoms with Crippen molar-refractivity contribution in [2.45, 2.75) is 46.3 Å². The van der Waals surface area contributed by atoms with Gasteiger partial charge in [0.1, 0.15) is 6.61 Å². The van der Waals surface area contributed by atoms with Crippen molar-refractivity contribution in [3.8, 4) is 0 Å². The van der Waals surface area contributed by atoms with Crippen LogP contribution in [0.5, 0.6) is 0 Å². The minimum Gasteiger partial charge on any atom is -0.462 e. The second-order valence-corrected chi connectivity index (χ2v) is 4.36. The molecule has 0 amide bonds. The summed E-state index contributed by atoms with van der Waals surface area (Å²) in [5, 5.41) is 0. The molecular formula is C12H20O3. The Morgan fingerprint density at radius 1 is 1.47 bits per heavy atom. The fourth-order valence-corrected chi connectivity index (χ4v) is 2.07. The quantitative estimate of drug-likeness (QED) is 0.530. The van der Waals surface area contributed by atoms with Crippen LogP contribution in [-0.2, 0) is 14.3 Å². The molecule has 2 unspecified atom stereocenters. The highest BCUT2D eigenvalue weighted by atomic mass is 16.6. The molecule has 0 bridgehead atoms. The van der Waals surface area contributed by atoms with E-state index in [9.17, 15) is 4.79 Å². The molecule has 0 aromatic carbocycles. The lowest BCUT2D eigenvalue weighted by molar-refractivity contribution is -0.252. The molecule has 15 heavy (non-hydrogen) atoms. The fourth-order valence-electron chi connectivity index (χ4n) is 2.07. The standard InChI is InChI=1S/C12H20O3/c1-6-12(9(4)15-10(12)5)7-14-11(13)8(2)3/h9-10H,2,6-7H2,1,3-5H3. The van der Waals surface area contributed by atoms with Gasteiger partial charge in [-0.05, 0) is 27.2 Å².